The van der Waals surface area contributed by atoms with Crippen LogP contribution in [0.25, 0.3) is 138 Å². The molecule has 0 N–H and O–H groups in total. The molecule has 0 radical (unpaired) electrons. The largest absolute Gasteiger partial charge is 0.452 e. The standard InChI is InChI=1S/C102H80BN5O/c1-100(2,3)67-54-66(55-68(57-67)101(4,5)6)65-50-52-82-92(56-65)108(97-80(63-30-12-10-13-31-63)58-69(102(7,8)9)59-81(97)64-32-14-11-15-33-64)95-62-71(105-86-44-24-18-36-74(86)75-37-19-25-45-87(75)105)61-94-96(95)103(82)83-53-51-70(104-84-42-22-16-34-72(84)73-35-17-23-43-85(73)104)60-93(83)107(94)91-49-29-41-79-78-40-28-48-90(98(78)109-99(79)91)106-88-46-26-20-38-76(88)77-39-21-27-47-89(77)106/h10-62H,1-9H3/i16D,17D,18D,19D,20D,21D,22D,23D,24D,25D,26D,27D,34D,35D,36D,37D,38D,39D,42D,43D,44D,45D,46D,47D. The molecule has 0 atom stereocenters. The van der Waals surface area contributed by atoms with E-state index in [1.165, 1.54) is 13.7 Å². The highest BCUT2D eigenvalue weighted by atomic mass is 16.3. The van der Waals surface area contributed by atoms with Crippen LogP contribution < -0.4 is 26.2 Å². The normalized spacial score (nSPS) is 16.2. The third-order valence-electron chi connectivity index (χ3n) is 22.0. The Kier molecular flexibility index (Phi) is 9.69. The van der Waals surface area contributed by atoms with Gasteiger partial charge in [-0.25, -0.2) is 0 Å². The zero-order valence-corrected chi connectivity index (χ0v) is 61.0. The Morgan fingerprint density at radius 2 is 0.670 bits per heavy atom. The first-order chi connectivity index (χ1) is 63.0. The zero-order chi connectivity index (χ0) is 94.4. The molecule has 6 nitrogen and oxygen atoms in total. The van der Waals surface area contributed by atoms with E-state index >= 15 is 0 Å². The van der Waals surface area contributed by atoms with Crippen molar-refractivity contribution in [1.82, 2.24) is 13.7 Å². The van der Waals surface area contributed by atoms with Crippen molar-refractivity contribution in [2.75, 3.05) is 9.80 Å². The van der Waals surface area contributed by atoms with Gasteiger partial charge in [0.2, 0.25) is 0 Å². The smallest absolute Gasteiger partial charge is 0.252 e. The van der Waals surface area contributed by atoms with E-state index in [1.807, 2.05) is 53.4 Å². The average molecular weight is 1430 g/mol. The van der Waals surface area contributed by atoms with Crippen molar-refractivity contribution in [3.63, 3.8) is 0 Å². The van der Waals surface area contributed by atoms with Crippen LogP contribution in [-0.4, -0.2) is 20.4 Å². The third kappa shape index (κ3) is 9.88. The molecular formula is C102H80BN5O. The van der Waals surface area contributed by atoms with Gasteiger partial charge in [0.25, 0.3) is 6.71 Å². The molecule has 522 valence electrons. The van der Waals surface area contributed by atoms with Gasteiger partial charge in [0, 0.05) is 82.7 Å². The molecule has 2 aliphatic heterocycles. The maximum absolute atomic E-state index is 10.3. The van der Waals surface area contributed by atoms with Crippen molar-refractivity contribution in [3.8, 4) is 50.4 Å². The zero-order valence-electron chi connectivity index (χ0n) is 85.0. The van der Waals surface area contributed by atoms with Gasteiger partial charge < -0.3 is 27.9 Å². The fourth-order valence-electron chi connectivity index (χ4n) is 16.7. The molecule has 0 fully saturated rings. The van der Waals surface area contributed by atoms with Gasteiger partial charge in [0.15, 0.2) is 11.2 Å². The monoisotopic (exact) mass is 1430 g/mol. The lowest BCUT2D eigenvalue weighted by molar-refractivity contribution is 0.569. The van der Waals surface area contributed by atoms with E-state index in [0.717, 1.165) is 50.1 Å². The molecule has 0 spiro atoms. The molecule has 0 saturated heterocycles. The van der Waals surface area contributed by atoms with Gasteiger partial charge in [0.1, 0.15) is 0 Å². The molecule has 0 unspecified atom stereocenters. The summed E-state index contributed by atoms with van der Waals surface area (Å²) in [6.45, 7) is 18.6. The highest BCUT2D eigenvalue weighted by molar-refractivity contribution is 7.00. The molecule has 0 aliphatic carbocycles. The lowest BCUT2D eigenvalue weighted by atomic mass is 9.33. The van der Waals surface area contributed by atoms with Crippen LogP contribution in [-0.2, 0) is 16.2 Å². The first kappa shape index (κ1) is 44.3. The molecule has 0 saturated carbocycles. The summed E-state index contributed by atoms with van der Waals surface area (Å²) in [6, 6.07) is 42.4. The fourth-order valence-corrected chi connectivity index (χ4v) is 16.7. The maximum atomic E-state index is 10.3. The van der Waals surface area contributed by atoms with Gasteiger partial charge in [-0.1, -0.05) is 292 Å². The number of benzene rings is 15. The molecular weight excluding hydrogens is 1320 g/mol. The van der Waals surface area contributed by atoms with E-state index in [0.29, 0.717) is 49.9 Å². The number of nitrogens with zero attached hydrogens (tertiary/aromatic N) is 5. The number of fused-ring (bicyclic) bond motifs is 16. The molecule has 4 aromatic heterocycles. The predicted octanol–water partition coefficient (Wildman–Crippen LogP) is 25.9. The topological polar surface area (TPSA) is 34.4 Å². The van der Waals surface area contributed by atoms with Crippen LogP contribution in [0.2, 0.25) is 0 Å². The third-order valence-corrected chi connectivity index (χ3v) is 22.0. The second-order valence-electron chi connectivity index (χ2n) is 31.5. The highest BCUT2D eigenvalue weighted by Crippen LogP contribution is 2.55. The Bertz CT molecular complexity index is 8210. The van der Waals surface area contributed by atoms with Gasteiger partial charge in [-0.3, -0.25) is 0 Å². The van der Waals surface area contributed by atoms with Crippen molar-refractivity contribution in [1.29, 1.82) is 0 Å². The minimum Gasteiger partial charge on any atom is -0.452 e. The number of hydrogen-bond donors (Lipinski definition) is 0. The lowest BCUT2D eigenvalue weighted by Crippen LogP contribution is -2.61. The summed E-state index contributed by atoms with van der Waals surface area (Å²) >= 11 is 0. The van der Waals surface area contributed by atoms with E-state index in [2.05, 4.69) is 140 Å². The molecule has 2 aliphatic rings. The van der Waals surface area contributed by atoms with E-state index in [4.69, 9.17) is 12.6 Å². The molecule has 21 rings (SSSR count). The second-order valence-corrected chi connectivity index (χ2v) is 31.5. The highest BCUT2D eigenvalue weighted by Gasteiger charge is 2.46. The SMILES string of the molecule is [2H]c1c([2H])c([2H])c2c(c1[2H])c1c([2H])c([2H])c([2H])c([2H])c1n2-c1ccc2c(c1)N(c1cccc3c1oc1c(-n4c5c([2H])c([2H])c([2H])c([2H])c5c5c([2H])c([2H])c([2H])c([2H])c54)cccc13)c1cc(-n3c4c([2H])c([2H])c([2H])c([2H])c4c4c([2H])c([2H])c([2H])c([2H])c43)cc3c1B2c1ccc(-c2cc(C(C)(C)C)cc(C(C)(C)C)c2)cc1N3c1c(-c2ccccc2)cc(C(C)(C)C)cc1-c1ccccc1. The van der Waals surface area contributed by atoms with Gasteiger partial charge >= 0.3 is 0 Å². The van der Waals surface area contributed by atoms with Crippen molar-refractivity contribution in [2.45, 2.75) is 78.6 Å². The molecule has 15 aromatic carbocycles. The summed E-state index contributed by atoms with van der Waals surface area (Å²) in [4.78, 5) is 4.15. The number of anilines is 6. The first-order valence-corrected chi connectivity index (χ1v) is 36.5. The molecule has 19 aromatic rings. The lowest BCUT2D eigenvalue weighted by Gasteiger charge is -2.45. The Labute approximate surface area is 669 Å². The Hall–Kier alpha value is -12.8. The number of furan rings is 1. The van der Waals surface area contributed by atoms with Crippen LogP contribution in [0.1, 0.15) is 112 Å². The van der Waals surface area contributed by atoms with E-state index in [1.54, 1.807) is 54.6 Å². The summed E-state index contributed by atoms with van der Waals surface area (Å²) in [5.74, 6) is 0. The molecule has 0 amide bonds. The van der Waals surface area contributed by atoms with Crippen molar-refractivity contribution in [3.05, 3.63) is 338 Å². The van der Waals surface area contributed by atoms with Crippen LogP contribution in [0.4, 0.5) is 34.1 Å². The molecule has 0 bridgehead atoms. The van der Waals surface area contributed by atoms with E-state index < -0.39 is 157 Å². The summed E-state index contributed by atoms with van der Waals surface area (Å²) in [5.41, 5.74) is 10.4. The quantitative estimate of drug-likeness (QED) is 0.142. The number of rotatable bonds is 8. The summed E-state index contributed by atoms with van der Waals surface area (Å²) in [7, 11) is 0. The van der Waals surface area contributed by atoms with Gasteiger partial charge in [-0.05, 0) is 162 Å². The van der Waals surface area contributed by atoms with Crippen LogP contribution >= 0.6 is 0 Å². The van der Waals surface area contributed by atoms with Gasteiger partial charge in [0.05, 0.1) is 88.7 Å². The molecule has 6 heterocycles. The van der Waals surface area contributed by atoms with Gasteiger partial charge in [-0.2, -0.15) is 0 Å². The maximum Gasteiger partial charge on any atom is 0.252 e. The summed E-state index contributed by atoms with van der Waals surface area (Å²) in [5, 5.41) is -0.362. The van der Waals surface area contributed by atoms with Crippen molar-refractivity contribution < 1.29 is 37.3 Å². The van der Waals surface area contributed by atoms with Crippen LogP contribution in [0, 0.1) is 0 Å². The van der Waals surface area contributed by atoms with Gasteiger partial charge in [-0.15, -0.1) is 0 Å². The minimum absolute atomic E-state index is 0.0597. The Balaban J connectivity index is 0.998. The number of para-hydroxylation sites is 8. The van der Waals surface area contributed by atoms with Crippen molar-refractivity contribution in [2.24, 2.45) is 0 Å². The molecule has 109 heavy (non-hydrogen) atoms. The minimum atomic E-state index is -0.948. The van der Waals surface area contributed by atoms with E-state index in [-0.39, 0.29) is 116 Å². The van der Waals surface area contributed by atoms with Crippen LogP contribution in [0.15, 0.2) is 325 Å². The second kappa shape index (κ2) is 23.8. The number of hydrogen-bond acceptors (Lipinski definition) is 3. The fraction of sp³-hybridized carbons (Fsp3) is 0.118. The average Bonchev–Trinajstić information content (AvgIpc) is 1.69. The van der Waals surface area contributed by atoms with E-state index in [9.17, 15) is 24.7 Å². The predicted molar refractivity (Wildman–Crippen MR) is 463 cm³/mol. The summed E-state index contributed by atoms with van der Waals surface area (Å²) < 4.78 is 241. The van der Waals surface area contributed by atoms with Crippen molar-refractivity contribution >= 4 is 145 Å². The number of aromatic nitrogens is 3. The van der Waals surface area contributed by atoms with Crippen LogP contribution in [0.3, 0.4) is 0 Å². The Morgan fingerprint density at radius 3 is 1.14 bits per heavy atom. The summed E-state index contributed by atoms with van der Waals surface area (Å²) in [6.07, 6.45) is 0. The Morgan fingerprint density at radius 1 is 0.284 bits per heavy atom. The molecule has 7 heteroatoms. The van der Waals surface area contributed by atoms with Crippen LogP contribution in [0.5, 0.6) is 0 Å². The first-order valence-electron chi connectivity index (χ1n) is 48.5.